The van der Waals surface area contributed by atoms with Gasteiger partial charge in [-0.25, -0.2) is 0 Å². The minimum absolute atomic E-state index is 0.0645. The van der Waals surface area contributed by atoms with Crippen LogP contribution in [0.15, 0.2) is 12.1 Å². The van der Waals surface area contributed by atoms with Crippen molar-refractivity contribution in [3.8, 4) is 17.2 Å². The normalized spacial score (nSPS) is 20.1. The molecule has 0 bridgehead atoms. The van der Waals surface area contributed by atoms with Gasteiger partial charge in [0.25, 0.3) is 5.91 Å². The van der Waals surface area contributed by atoms with Gasteiger partial charge in [-0.2, -0.15) is 0 Å². The van der Waals surface area contributed by atoms with Gasteiger partial charge >= 0.3 is 0 Å². The van der Waals surface area contributed by atoms with E-state index < -0.39 is 0 Å². The van der Waals surface area contributed by atoms with E-state index in [4.69, 9.17) is 18.9 Å². The lowest BCUT2D eigenvalue weighted by Gasteiger charge is -2.20. The van der Waals surface area contributed by atoms with E-state index in [1.165, 1.54) is 27.1 Å². The number of carbonyl (C=O) groups is 1. The summed E-state index contributed by atoms with van der Waals surface area (Å²) >= 11 is 0. The Morgan fingerprint density at radius 2 is 1.83 bits per heavy atom. The van der Waals surface area contributed by atoms with E-state index in [0.717, 1.165) is 18.9 Å². The van der Waals surface area contributed by atoms with Gasteiger partial charge in [0.2, 0.25) is 5.75 Å². The maximum absolute atomic E-state index is 12.9. The number of carbonyl (C=O) groups excluding carboxylic acids is 1. The molecule has 6 nitrogen and oxygen atoms in total. The molecule has 1 aliphatic heterocycles. The van der Waals surface area contributed by atoms with Gasteiger partial charge in [-0.3, -0.25) is 4.79 Å². The van der Waals surface area contributed by atoms with E-state index in [1.54, 1.807) is 19.2 Å². The molecule has 1 aromatic rings. The first-order valence-electron chi connectivity index (χ1n) is 8.37. The Kier molecular flexibility index (Phi) is 5.14. The van der Waals surface area contributed by atoms with Gasteiger partial charge in [-0.05, 0) is 37.3 Å². The molecule has 0 N–H and O–H groups in total. The number of amides is 1. The van der Waals surface area contributed by atoms with Gasteiger partial charge in [0.15, 0.2) is 11.5 Å². The van der Waals surface area contributed by atoms with Crippen LogP contribution < -0.4 is 14.2 Å². The van der Waals surface area contributed by atoms with Crippen molar-refractivity contribution in [1.82, 2.24) is 4.90 Å². The number of likely N-dealkylation sites (tertiary alicyclic amines) is 1. The molecule has 132 valence electrons. The van der Waals surface area contributed by atoms with Crippen LogP contribution in [0.25, 0.3) is 0 Å². The highest BCUT2D eigenvalue weighted by Crippen LogP contribution is 2.40. The van der Waals surface area contributed by atoms with E-state index in [2.05, 4.69) is 0 Å². The molecule has 1 saturated carbocycles. The minimum Gasteiger partial charge on any atom is -0.493 e. The van der Waals surface area contributed by atoms with Crippen molar-refractivity contribution in [2.45, 2.75) is 25.4 Å². The quantitative estimate of drug-likeness (QED) is 0.765. The third kappa shape index (κ3) is 3.43. The first kappa shape index (κ1) is 16.9. The van der Waals surface area contributed by atoms with E-state index in [9.17, 15) is 4.79 Å². The third-order valence-electron chi connectivity index (χ3n) is 4.63. The molecule has 24 heavy (non-hydrogen) atoms. The van der Waals surface area contributed by atoms with Crippen LogP contribution in [0, 0.1) is 5.92 Å². The summed E-state index contributed by atoms with van der Waals surface area (Å²) in [6, 6.07) is 3.45. The van der Waals surface area contributed by atoms with Crippen LogP contribution in [0.3, 0.4) is 0 Å². The fraction of sp³-hybridized carbons (Fsp3) is 0.611. The molecule has 1 amide bonds. The summed E-state index contributed by atoms with van der Waals surface area (Å²) in [6.07, 6.45) is 3.57. The molecule has 0 aromatic heterocycles. The van der Waals surface area contributed by atoms with Crippen LogP contribution in [0.5, 0.6) is 17.2 Å². The molecule has 2 fully saturated rings. The summed E-state index contributed by atoms with van der Waals surface area (Å²) in [5.74, 6) is 2.06. The van der Waals surface area contributed by atoms with E-state index in [0.29, 0.717) is 35.9 Å². The van der Waals surface area contributed by atoms with Crippen molar-refractivity contribution in [2.24, 2.45) is 5.92 Å². The molecule has 0 spiro atoms. The van der Waals surface area contributed by atoms with E-state index in [1.807, 2.05) is 4.90 Å². The third-order valence-corrected chi connectivity index (χ3v) is 4.63. The van der Waals surface area contributed by atoms with Crippen LogP contribution in [-0.2, 0) is 4.74 Å². The second-order valence-electron chi connectivity index (χ2n) is 6.32. The molecule has 0 radical (unpaired) electrons. The summed E-state index contributed by atoms with van der Waals surface area (Å²) in [7, 11) is 4.62. The van der Waals surface area contributed by atoms with Crippen LogP contribution in [0.4, 0.5) is 0 Å². The highest BCUT2D eigenvalue weighted by atomic mass is 16.5. The fourth-order valence-electron chi connectivity index (χ4n) is 3.05. The summed E-state index contributed by atoms with van der Waals surface area (Å²) in [6.45, 7) is 2.15. The van der Waals surface area contributed by atoms with Gasteiger partial charge in [-0.15, -0.1) is 0 Å². The lowest BCUT2D eigenvalue weighted by molar-refractivity contribution is 0.0479. The van der Waals surface area contributed by atoms with E-state index in [-0.39, 0.29) is 12.0 Å². The molecule has 1 unspecified atom stereocenters. The lowest BCUT2D eigenvalue weighted by atomic mass is 10.1. The van der Waals surface area contributed by atoms with Gasteiger partial charge in [0.05, 0.1) is 33.0 Å². The summed E-state index contributed by atoms with van der Waals surface area (Å²) in [4.78, 5) is 14.7. The van der Waals surface area contributed by atoms with Gasteiger partial charge < -0.3 is 23.8 Å². The summed E-state index contributed by atoms with van der Waals surface area (Å²) in [5, 5.41) is 0. The number of methoxy groups -OCH3 is 3. The Labute approximate surface area is 142 Å². The Hall–Kier alpha value is -1.95. The number of hydrogen-bond acceptors (Lipinski definition) is 5. The van der Waals surface area contributed by atoms with Crippen molar-refractivity contribution < 1.29 is 23.7 Å². The number of hydrogen-bond donors (Lipinski definition) is 0. The monoisotopic (exact) mass is 335 g/mol. The van der Waals surface area contributed by atoms with Gasteiger partial charge in [0.1, 0.15) is 0 Å². The largest absolute Gasteiger partial charge is 0.493 e. The average molecular weight is 335 g/mol. The highest BCUT2D eigenvalue weighted by molar-refractivity contribution is 5.98. The minimum atomic E-state index is -0.0645. The van der Waals surface area contributed by atoms with Crippen LogP contribution in [0.1, 0.15) is 29.6 Å². The second-order valence-corrected chi connectivity index (χ2v) is 6.32. The SMILES string of the molecule is COc1ccc(C(=O)N2CCC(OCC3CC3)C2)c(OC)c1OC. The van der Waals surface area contributed by atoms with Gasteiger partial charge in [0, 0.05) is 19.7 Å². The molecule has 1 saturated heterocycles. The average Bonchev–Trinajstić information content (AvgIpc) is 3.33. The molecule has 1 aromatic carbocycles. The fourth-order valence-corrected chi connectivity index (χ4v) is 3.05. The number of rotatable bonds is 7. The Morgan fingerprint density at radius 3 is 2.46 bits per heavy atom. The molecule has 1 aliphatic carbocycles. The van der Waals surface area contributed by atoms with Crippen molar-refractivity contribution in [3.05, 3.63) is 17.7 Å². The smallest absolute Gasteiger partial charge is 0.257 e. The van der Waals surface area contributed by atoms with Crippen LogP contribution >= 0.6 is 0 Å². The van der Waals surface area contributed by atoms with Crippen molar-refractivity contribution in [3.63, 3.8) is 0 Å². The zero-order chi connectivity index (χ0) is 17.1. The summed E-state index contributed by atoms with van der Waals surface area (Å²) in [5.41, 5.74) is 0.484. The number of benzene rings is 1. The first-order chi connectivity index (χ1) is 11.7. The second kappa shape index (κ2) is 7.30. The molecule has 2 aliphatic rings. The highest BCUT2D eigenvalue weighted by Gasteiger charge is 2.32. The predicted molar refractivity (Wildman–Crippen MR) is 89.1 cm³/mol. The molecule has 6 heteroatoms. The Balaban J connectivity index is 1.72. The zero-order valence-corrected chi connectivity index (χ0v) is 14.5. The molecule has 1 heterocycles. The number of nitrogens with zero attached hydrogens (tertiary/aromatic N) is 1. The van der Waals surface area contributed by atoms with Crippen LogP contribution in [0.2, 0.25) is 0 Å². The topological polar surface area (TPSA) is 57.2 Å². The van der Waals surface area contributed by atoms with Gasteiger partial charge in [-0.1, -0.05) is 0 Å². The molecule has 3 rings (SSSR count). The standard InChI is InChI=1S/C18H25NO5/c1-21-15-7-6-14(16(22-2)17(15)23-3)18(20)19-9-8-13(10-19)24-11-12-4-5-12/h6-7,12-13H,4-5,8-11H2,1-3H3. The van der Waals surface area contributed by atoms with Crippen molar-refractivity contribution in [1.29, 1.82) is 0 Å². The lowest BCUT2D eigenvalue weighted by Crippen LogP contribution is -2.30. The molecular weight excluding hydrogens is 310 g/mol. The van der Waals surface area contributed by atoms with Crippen molar-refractivity contribution in [2.75, 3.05) is 41.0 Å². The maximum Gasteiger partial charge on any atom is 0.257 e. The maximum atomic E-state index is 12.9. The van der Waals surface area contributed by atoms with E-state index >= 15 is 0 Å². The number of ether oxygens (including phenoxy) is 4. The predicted octanol–water partition coefficient (Wildman–Crippen LogP) is 2.35. The van der Waals surface area contributed by atoms with Crippen LogP contribution in [-0.4, -0.2) is 57.9 Å². The first-order valence-corrected chi connectivity index (χ1v) is 8.37. The molecule has 1 atom stereocenters. The Bertz CT molecular complexity index is 599. The Morgan fingerprint density at radius 1 is 1.08 bits per heavy atom. The zero-order valence-electron chi connectivity index (χ0n) is 14.5. The molecular formula is C18H25NO5. The van der Waals surface area contributed by atoms with Crippen molar-refractivity contribution >= 4 is 5.91 Å². The summed E-state index contributed by atoms with van der Waals surface area (Å²) < 4.78 is 22.0.